The van der Waals surface area contributed by atoms with Gasteiger partial charge in [0, 0.05) is 25.0 Å². The Balaban J connectivity index is 2.35. The molecule has 0 spiro atoms. The van der Waals surface area contributed by atoms with Gasteiger partial charge in [-0.15, -0.1) is 0 Å². The minimum absolute atomic E-state index is 0.0556. The molecule has 18 heavy (non-hydrogen) atoms. The second-order valence-corrected chi connectivity index (χ2v) is 3.94. The first-order valence-electron chi connectivity index (χ1n) is 5.62. The summed E-state index contributed by atoms with van der Waals surface area (Å²) in [7, 11) is 1.72. The van der Waals surface area contributed by atoms with E-state index >= 15 is 0 Å². The van der Waals surface area contributed by atoms with Crippen LogP contribution in [0.25, 0.3) is 0 Å². The number of imidazole rings is 1. The molecule has 0 aliphatic heterocycles. The van der Waals surface area contributed by atoms with Crippen LogP contribution in [0, 0.1) is 11.8 Å². The standard InChI is InChI=1S/C14H14N2O2/c1-15-8-9-16(14(15)18)11-13-6-3-2-5-12(13)7-4-10-17/h2-3,5-6,8-9,17H,10-11H2,1H3. The predicted octanol–water partition coefficient (Wildman–Crippen LogP) is 0.579. The molecule has 2 rings (SSSR count). The van der Waals surface area contributed by atoms with Crippen molar-refractivity contribution in [2.75, 3.05) is 6.61 Å². The van der Waals surface area contributed by atoms with Gasteiger partial charge >= 0.3 is 5.69 Å². The summed E-state index contributed by atoms with van der Waals surface area (Å²) in [5, 5.41) is 8.72. The maximum Gasteiger partial charge on any atom is 0.328 e. The summed E-state index contributed by atoms with van der Waals surface area (Å²) >= 11 is 0. The van der Waals surface area contributed by atoms with E-state index in [4.69, 9.17) is 5.11 Å². The van der Waals surface area contributed by atoms with Crippen molar-refractivity contribution in [2.45, 2.75) is 6.54 Å². The molecule has 0 aliphatic rings. The maximum absolute atomic E-state index is 11.7. The topological polar surface area (TPSA) is 47.2 Å². The van der Waals surface area contributed by atoms with Crippen LogP contribution >= 0.6 is 0 Å². The summed E-state index contributed by atoms with van der Waals surface area (Å²) in [5.74, 6) is 5.51. The van der Waals surface area contributed by atoms with Crippen LogP contribution in [-0.4, -0.2) is 20.8 Å². The Morgan fingerprint density at radius 3 is 2.72 bits per heavy atom. The Morgan fingerprint density at radius 2 is 2.06 bits per heavy atom. The van der Waals surface area contributed by atoms with Crippen molar-refractivity contribution in [3.8, 4) is 11.8 Å². The van der Waals surface area contributed by atoms with Crippen LogP contribution in [0.5, 0.6) is 0 Å². The minimum atomic E-state index is -0.167. The fourth-order valence-corrected chi connectivity index (χ4v) is 1.73. The van der Waals surface area contributed by atoms with E-state index in [0.717, 1.165) is 11.1 Å². The third kappa shape index (κ3) is 2.53. The van der Waals surface area contributed by atoms with Crippen molar-refractivity contribution in [3.05, 3.63) is 58.3 Å². The third-order valence-electron chi connectivity index (χ3n) is 2.68. The van der Waals surface area contributed by atoms with Crippen molar-refractivity contribution in [2.24, 2.45) is 7.05 Å². The molecule has 1 aromatic carbocycles. The van der Waals surface area contributed by atoms with Gasteiger partial charge in [-0.25, -0.2) is 4.79 Å². The molecule has 4 nitrogen and oxygen atoms in total. The lowest BCUT2D eigenvalue weighted by atomic mass is 10.1. The van der Waals surface area contributed by atoms with Crippen LogP contribution in [0.4, 0.5) is 0 Å². The Hall–Kier alpha value is -2.25. The molecule has 0 atom stereocenters. The Morgan fingerprint density at radius 1 is 1.28 bits per heavy atom. The lowest BCUT2D eigenvalue weighted by Gasteiger charge is -2.04. The first kappa shape index (κ1) is 12.2. The van der Waals surface area contributed by atoms with Gasteiger partial charge in [-0.1, -0.05) is 30.0 Å². The molecule has 92 valence electrons. The zero-order valence-electron chi connectivity index (χ0n) is 10.1. The van der Waals surface area contributed by atoms with Gasteiger partial charge in [-0.3, -0.25) is 4.57 Å². The highest BCUT2D eigenvalue weighted by Gasteiger charge is 2.03. The molecule has 0 amide bonds. The van der Waals surface area contributed by atoms with Gasteiger partial charge in [0.25, 0.3) is 0 Å². The minimum Gasteiger partial charge on any atom is -0.384 e. The van der Waals surface area contributed by atoms with Crippen LogP contribution in [0.3, 0.4) is 0 Å². The smallest absolute Gasteiger partial charge is 0.328 e. The van der Waals surface area contributed by atoms with Gasteiger partial charge in [0.15, 0.2) is 0 Å². The van der Waals surface area contributed by atoms with E-state index in [2.05, 4.69) is 11.8 Å². The van der Waals surface area contributed by atoms with Crippen molar-refractivity contribution in [3.63, 3.8) is 0 Å². The Kier molecular flexibility index (Phi) is 3.66. The summed E-state index contributed by atoms with van der Waals surface area (Å²) in [4.78, 5) is 11.7. The highest BCUT2D eigenvalue weighted by Crippen LogP contribution is 2.08. The molecule has 1 aromatic heterocycles. The number of benzene rings is 1. The van der Waals surface area contributed by atoms with E-state index < -0.39 is 0 Å². The molecule has 0 saturated heterocycles. The van der Waals surface area contributed by atoms with Crippen LogP contribution in [0.1, 0.15) is 11.1 Å². The summed E-state index contributed by atoms with van der Waals surface area (Å²) in [5.41, 5.74) is 1.74. The number of hydrogen-bond acceptors (Lipinski definition) is 2. The van der Waals surface area contributed by atoms with Crippen LogP contribution in [-0.2, 0) is 13.6 Å². The zero-order valence-corrected chi connectivity index (χ0v) is 10.1. The normalized spacial score (nSPS) is 9.89. The van der Waals surface area contributed by atoms with Gasteiger partial charge in [0.2, 0.25) is 0 Å². The molecule has 0 bridgehead atoms. The Bertz CT molecular complexity index is 656. The first-order chi connectivity index (χ1) is 8.72. The fourth-order valence-electron chi connectivity index (χ4n) is 1.73. The molecule has 0 unspecified atom stereocenters. The van der Waals surface area contributed by atoms with Crippen LogP contribution in [0.15, 0.2) is 41.5 Å². The van der Waals surface area contributed by atoms with E-state index in [1.54, 1.807) is 24.0 Å². The van der Waals surface area contributed by atoms with Crippen LogP contribution in [0.2, 0.25) is 0 Å². The molecule has 0 radical (unpaired) electrons. The highest BCUT2D eigenvalue weighted by atomic mass is 16.2. The van der Waals surface area contributed by atoms with Gasteiger partial charge in [0.1, 0.15) is 6.61 Å². The SMILES string of the molecule is Cn1ccn(Cc2ccccc2C#CCO)c1=O. The lowest BCUT2D eigenvalue weighted by molar-refractivity contribution is 0.350. The number of aliphatic hydroxyl groups is 1. The average Bonchev–Trinajstić information content (AvgIpc) is 2.70. The molecular formula is C14H14N2O2. The summed E-state index contributed by atoms with van der Waals surface area (Å²) < 4.78 is 3.15. The summed E-state index contributed by atoms with van der Waals surface area (Å²) in [6, 6.07) is 7.61. The number of aromatic nitrogens is 2. The van der Waals surface area contributed by atoms with Crippen LogP contribution < -0.4 is 5.69 Å². The number of hydrogen-bond donors (Lipinski definition) is 1. The van der Waals surface area contributed by atoms with Gasteiger partial charge in [0.05, 0.1) is 6.54 Å². The van der Waals surface area contributed by atoms with E-state index in [-0.39, 0.29) is 12.3 Å². The molecular weight excluding hydrogens is 228 g/mol. The quantitative estimate of drug-likeness (QED) is 0.783. The molecule has 2 aromatic rings. The predicted molar refractivity (Wildman–Crippen MR) is 69.2 cm³/mol. The monoisotopic (exact) mass is 242 g/mol. The molecule has 4 heteroatoms. The van der Waals surface area contributed by atoms with Crippen molar-refractivity contribution >= 4 is 0 Å². The van der Waals surface area contributed by atoms with E-state index in [1.165, 1.54) is 4.57 Å². The van der Waals surface area contributed by atoms with Crippen molar-refractivity contribution in [1.82, 2.24) is 9.13 Å². The second-order valence-electron chi connectivity index (χ2n) is 3.94. The van der Waals surface area contributed by atoms with Gasteiger partial charge < -0.3 is 9.67 Å². The highest BCUT2D eigenvalue weighted by molar-refractivity contribution is 5.41. The summed E-state index contributed by atoms with van der Waals surface area (Å²) in [6.07, 6.45) is 3.48. The molecule has 1 heterocycles. The van der Waals surface area contributed by atoms with Gasteiger partial charge in [-0.05, 0) is 11.6 Å². The number of aliphatic hydroxyl groups excluding tert-OH is 1. The van der Waals surface area contributed by atoms with Crippen molar-refractivity contribution in [1.29, 1.82) is 0 Å². The summed E-state index contributed by atoms with van der Waals surface area (Å²) in [6.45, 7) is 0.315. The average molecular weight is 242 g/mol. The molecule has 0 saturated carbocycles. The first-order valence-corrected chi connectivity index (χ1v) is 5.62. The molecule has 0 fully saturated rings. The number of nitrogens with zero attached hydrogens (tertiary/aromatic N) is 2. The molecule has 1 N–H and O–H groups in total. The lowest BCUT2D eigenvalue weighted by Crippen LogP contribution is -2.22. The fraction of sp³-hybridized carbons (Fsp3) is 0.214. The second kappa shape index (κ2) is 5.39. The maximum atomic E-state index is 11.7. The van der Waals surface area contributed by atoms with E-state index in [1.807, 2.05) is 24.3 Å². The zero-order chi connectivity index (χ0) is 13.0. The number of aryl methyl sites for hydroxylation is 1. The van der Waals surface area contributed by atoms with E-state index in [9.17, 15) is 4.79 Å². The number of rotatable bonds is 2. The van der Waals surface area contributed by atoms with Gasteiger partial charge in [-0.2, -0.15) is 0 Å². The third-order valence-corrected chi connectivity index (χ3v) is 2.68. The van der Waals surface area contributed by atoms with E-state index in [0.29, 0.717) is 6.54 Å². The Labute approximate surface area is 105 Å². The molecule has 0 aliphatic carbocycles. The van der Waals surface area contributed by atoms with Crippen molar-refractivity contribution < 1.29 is 5.11 Å². The largest absolute Gasteiger partial charge is 0.384 e.